The minimum absolute atomic E-state index is 0.0140. The van der Waals surface area contributed by atoms with Gasteiger partial charge in [-0.05, 0) is 49.6 Å². The minimum atomic E-state index is -1.02. The third-order valence-electron chi connectivity index (χ3n) is 3.37. The molecule has 0 aliphatic carbocycles. The molecule has 1 heterocycles. The van der Waals surface area contributed by atoms with Crippen LogP contribution in [-0.4, -0.2) is 23.6 Å². The molecule has 0 spiro atoms. The molecule has 1 amide bonds. The number of carbonyl (C=O) groups is 2. The summed E-state index contributed by atoms with van der Waals surface area (Å²) >= 11 is 1.77. The highest BCUT2D eigenvalue weighted by molar-refractivity contribution is 7.11. The zero-order valence-electron chi connectivity index (χ0n) is 13.6. The van der Waals surface area contributed by atoms with Crippen LogP contribution < -0.4 is 10.1 Å². The Balaban J connectivity index is 1.71. The minimum Gasteiger partial charge on any atom is -0.482 e. The van der Waals surface area contributed by atoms with Crippen LogP contribution in [-0.2, 0) is 22.6 Å². The normalized spacial score (nSPS) is 10.4. The molecule has 0 aliphatic rings. The molecule has 0 radical (unpaired) electrons. The third kappa shape index (κ3) is 6.42. The molecular formula is C18H21NO4S. The van der Waals surface area contributed by atoms with Gasteiger partial charge in [0.15, 0.2) is 6.61 Å². The van der Waals surface area contributed by atoms with Crippen LogP contribution in [0.1, 0.15) is 28.2 Å². The third-order valence-corrected chi connectivity index (χ3v) is 4.43. The van der Waals surface area contributed by atoms with Crippen LogP contribution in [0.5, 0.6) is 5.75 Å². The maximum Gasteiger partial charge on any atom is 0.341 e. The van der Waals surface area contributed by atoms with Crippen molar-refractivity contribution in [2.45, 2.75) is 32.7 Å². The molecule has 2 N–H and O–H groups in total. The van der Waals surface area contributed by atoms with Gasteiger partial charge in [0.25, 0.3) is 0 Å². The first-order chi connectivity index (χ1) is 11.5. The van der Waals surface area contributed by atoms with Crippen LogP contribution in [0, 0.1) is 6.92 Å². The number of rotatable bonds is 9. The van der Waals surface area contributed by atoms with Crippen LogP contribution in [0.3, 0.4) is 0 Å². The zero-order chi connectivity index (χ0) is 17.4. The van der Waals surface area contributed by atoms with E-state index in [0.717, 1.165) is 18.4 Å². The first kappa shape index (κ1) is 18.0. The van der Waals surface area contributed by atoms with Gasteiger partial charge in [-0.3, -0.25) is 4.79 Å². The second-order valence-electron chi connectivity index (χ2n) is 5.47. The molecule has 0 atom stereocenters. The molecule has 2 aromatic rings. The fourth-order valence-electron chi connectivity index (χ4n) is 2.22. The number of carboxylic acid groups (broad SMARTS) is 1. The fourth-order valence-corrected chi connectivity index (χ4v) is 3.15. The molecule has 5 nitrogen and oxygen atoms in total. The summed E-state index contributed by atoms with van der Waals surface area (Å²) in [5.41, 5.74) is 0.875. The van der Waals surface area contributed by atoms with Gasteiger partial charge in [-0.25, -0.2) is 4.79 Å². The van der Waals surface area contributed by atoms with Crippen molar-refractivity contribution in [3.8, 4) is 5.75 Å². The number of aliphatic carboxylic acids is 1. The van der Waals surface area contributed by atoms with Crippen LogP contribution in [0.2, 0.25) is 0 Å². The summed E-state index contributed by atoms with van der Waals surface area (Å²) in [5.74, 6) is -0.521. The van der Waals surface area contributed by atoms with Crippen molar-refractivity contribution in [2.75, 3.05) is 6.61 Å². The molecular weight excluding hydrogens is 326 g/mol. The first-order valence-electron chi connectivity index (χ1n) is 7.78. The average Bonchev–Trinajstić information content (AvgIpc) is 2.97. The summed E-state index contributed by atoms with van der Waals surface area (Å²) in [6.07, 6.45) is 2.24. The Bertz CT molecular complexity index is 696. The van der Waals surface area contributed by atoms with Crippen molar-refractivity contribution in [1.29, 1.82) is 0 Å². The Labute approximate surface area is 145 Å². The highest BCUT2D eigenvalue weighted by Crippen LogP contribution is 2.17. The molecule has 2 rings (SSSR count). The lowest BCUT2D eigenvalue weighted by molar-refractivity contribution is -0.139. The van der Waals surface area contributed by atoms with Crippen molar-refractivity contribution < 1.29 is 19.4 Å². The Morgan fingerprint density at radius 1 is 1.25 bits per heavy atom. The summed E-state index contributed by atoms with van der Waals surface area (Å²) in [4.78, 5) is 25.0. The fraction of sp³-hybridized carbons (Fsp3) is 0.333. The standard InChI is InChI=1S/C18H21NO4S/c1-13-8-9-16(24-13)6-3-7-17(20)19-11-14-4-2-5-15(10-14)23-12-18(21)22/h2,4-5,8-10H,3,6-7,11-12H2,1H3,(H,19,20)(H,21,22). The number of aryl methyl sites for hydroxylation is 2. The smallest absolute Gasteiger partial charge is 0.341 e. The highest BCUT2D eigenvalue weighted by Gasteiger charge is 2.05. The molecule has 24 heavy (non-hydrogen) atoms. The van der Waals surface area contributed by atoms with E-state index in [1.165, 1.54) is 9.75 Å². The second-order valence-corrected chi connectivity index (χ2v) is 6.84. The number of hydrogen-bond acceptors (Lipinski definition) is 4. The van der Waals surface area contributed by atoms with Crippen molar-refractivity contribution in [1.82, 2.24) is 5.32 Å². The number of nitrogens with one attached hydrogen (secondary N) is 1. The van der Waals surface area contributed by atoms with Gasteiger partial charge in [-0.15, -0.1) is 11.3 Å². The van der Waals surface area contributed by atoms with Gasteiger partial charge < -0.3 is 15.2 Å². The number of carbonyl (C=O) groups excluding carboxylic acids is 1. The maximum absolute atomic E-state index is 11.9. The molecule has 0 unspecified atom stereocenters. The molecule has 0 saturated carbocycles. The van der Waals surface area contributed by atoms with Crippen LogP contribution >= 0.6 is 11.3 Å². The van der Waals surface area contributed by atoms with Crippen LogP contribution in [0.25, 0.3) is 0 Å². The lowest BCUT2D eigenvalue weighted by Gasteiger charge is -2.08. The SMILES string of the molecule is Cc1ccc(CCCC(=O)NCc2cccc(OCC(=O)O)c2)s1. The maximum atomic E-state index is 11.9. The molecule has 0 saturated heterocycles. The molecule has 0 aliphatic heterocycles. The molecule has 0 fully saturated rings. The lowest BCUT2D eigenvalue weighted by Crippen LogP contribution is -2.22. The molecule has 1 aromatic heterocycles. The Hall–Kier alpha value is -2.34. The van der Waals surface area contributed by atoms with Gasteiger partial charge in [0.2, 0.25) is 5.91 Å². The number of benzene rings is 1. The van der Waals surface area contributed by atoms with E-state index in [-0.39, 0.29) is 12.5 Å². The summed E-state index contributed by atoms with van der Waals surface area (Å²) in [5, 5.41) is 11.5. The topological polar surface area (TPSA) is 75.6 Å². The predicted molar refractivity (Wildman–Crippen MR) is 93.4 cm³/mol. The van der Waals surface area contributed by atoms with Gasteiger partial charge in [-0.2, -0.15) is 0 Å². The van der Waals surface area contributed by atoms with Crippen molar-refractivity contribution in [3.63, 3.8) is 0 Å². The number of carboxylic acids is 1. The van der Waals surface area contributed by atoms with Crippen LogP contribution in [0.4, 0.5) is 0 Å². The van der Waals surface area contributed by atoms with Gasteiger partial charge in [0.05, 0.1) is 0 Å². The molecule has 6 heteroatoms. The van der Waals surface area contributed by atoms with E-state index in [0.29, 0.717) is 18.7 Å². The van der Waals surface area contributed by atoms with Crippen molar-refractivity contribution in [2.24, 2.45) is 0 Å². The highest BCUT2D eigenvalue weighted by atomic mass is 32.1. The van der Waals surface area contributed by atoms with Gasteiger partial charge in [0, 0.05) is 22.7 Å². The van der Waals surface area contributed by atoms with E-state index in [4.69, 9.17) is 9.84 Å². The van der Waals surface area contributed by atoms with Gasteiger partial charge >= 0.3 is 5.97 Å². The van der Waals surface area contributed by atoms with Crippen molar-refractivity contribution >= 4 is 23.2 Å². The van der Waals surface area contributed by atoms with Crippen LogP contribution in [0.15, 0.2) is 36.4 Å². The average molecular weight is 347 g/mol. The quantitative estimate of drug-likeness (QED) is 0.731. The summed E-state index contributed by atoms with van der Waals surface area (Å²) in [6, 6.07) is 11.3. The first-order valence-corrected chi connectivity index (χ1v) is 8.60. The molecule has 128 valence electrons. The summed E-state index contributed by atoms with van der Waals surface area (Å²) in [7, 11) is 0. The predicted octanol–water partition coefficient (Wildman–Crippen LogP) is 3.16. The van der Waals surface area contributed by atoms with E-state index in [9.17, 15) is 9.59 Å². The Morgan fingerprint density at radius 3 is 2.79 bits per heavy atom. The molecule has 1 aromatic carbocycles. The summed E-state index contributed by atoms with van der Waals surface area (Å²) < 4.78 is 5.12. The Morgan fingerprint density at radius 2 is 2.08 bits per heavy atom. The van der Waals surface area contributed by atoms with Gasteiger partial charge in [-0.1, -0.05) is 12.1 Å². The largest absolute Gasteiger partial charge is 0.482 e. The number of ether oxygens (including phenoxy) is 1. The zero-order valence-corrected chi connectivity index (χ0v) is 14.4. The Kier molecular flexibility index (Phi) is 6.81. The summed E-state index contributed by atoms with van der Waals surface area (Å²) in [6.45, 7) is 2.11. The number of thiophene rings is 1. The molecule has 0 bridgehead atoms. The monoisotopic (exact) mass is 347 g/mol. The number of hydrogen-bond donors (Lipinski definition) is 2. The second kappa shape index (κ2) is 9.08. The van der Waals surface area contributed by atoms with E-state index >= 15 is 0 Å². The van der Waals surface area contributed by atoms with E-state index in [1.807, 2.05) is 6.07 Å². The van der Waals surface area contributed by atoms with E-state index in [2.05, 4.69) is 24.4 Å². The number of amides is 1. The van der Waals surface area contributed by atoms with Crippen molar-refractivity contribution in [3.05, 3.63) is 51.7 Å². The van der Waals surface area contributed by atoms with Gasteiger partial charge in [0.1, 0.15) is 5.75 Å². The van der Waals surface area contributed by atoms with E-state index < -0.39 is 5.97 Å². The lowest BCUT2D eigenvalue weighted by atomic mass is 10.2. The van der Waals surface area contributed by atoms with E-state index in [1.54, 1.807) is 29.5 Å².